The van der Waals surface area contributed by atoms with E-state index < -0.39 is 11.9 Å². The van der Waals surface area contributed by atoms with Gasteiger partial charge in [-0.25, -0.2) is 0 Å². The monoisotopic (exact) mass is 292 g/mol. The van der Waals surface area contributed by atoms with Crippen molar-refractivity contribution in [2.45, 2.75) is 39.5 Å². The van der Waals surface area contributed by atoms with E-state index in [1.807, 2.05) is 0 Å². The Labute approximate surface area is 116 Å². The van der Waals surface area contributed by atoms with Crippen molar-refractivity contribution in [3.05, 3.63) is 0 Å². The number of hydrogen-bond acceptors (Lipinski definition) is 6. The van der Waals surface area contributed by atoms with Gasteiger partial charge in [0.25, 0.3) is 0 Å². The van der Waals surface area contributed by atoms with Gasteiger partial charge in [-0.05, 0) is 13.8 Å². The molecule has 8 nitrogen and oxygen atoms in total. The van der Waals surface area contributed by atoms with Crippen molar-refractivity contribution in [1.82, 2.24) is 0 Å². The maximum absolute atomic E-state index is 10.7. The van der Waals surface area contributed by atoms with Crippen LogP contribution in [0, 0.1) is 0 Å². The summed E-state index contributed by atoms with van der Waals surface area (Å²) in [7, 11) is 0. The first-order chi connectivity index (χ1) is 9.33. The predicted octanol–water partition coefficient (Wildman–Crippen LogP) is 0.829. The van der Waals surface area contributed by atoms with Gasteiger partial charge >= 0.3 is 23.9 Å². The molecule has 0 radical (unpaired) electrons. The van der Waals surface area contributed by atoms with Crippen LogP contribution < -0.4 is 0 Å². The van der Waals surface area contributed by atoms with Crippen LogP contribution in [-0.4, -0.2) is 47.3 Å². The minimum absolute atomic E-state index is 0.104. The molecule has 0 bridgehead atoms. The highest BCUT2D eigenvalue weighted by Gasteiger charge is 2.07. The van der Waals surface area contributed by atoms with Crippen molar-refractivity contribution < 1.29 is 38.9 Å². The lowest BCUT2D eigenvalue weighted by atomic mass is 10.3. The van der Waals surface area contributed by atoms with Crippen LogP contribution in [0.1, 0.15) is 39.5 Å². The first kappa shape index (κ1) is 20.2. The first-order valence-corrected chi connectivity index (χ1v) is 6.08. The van der Waals surface area contributed by atoms with E-state index in [-0.39, 0.29) is 37.6 Å². The van der Waals surface area contributed by atoms with Gasteiger partial charge in [0.15, 0.2) is 0 Å². The van der Waals surface area contributed by atoms with Gasteiger partial charge in [-0.2, -0.15) is 0 Å². The Hall–Kier alpha value is -2.12. The van der Waals surface area contributed by atoms with E-state index in [2.05, 4.69) is 9.47 Å². The normalized spacial score (nSPS) is 8.90. The summed E-state index contributed by atoms with van der Waals surface area (Å²) >= 11 is 0. The van der Waals surface area contributed by atoms with E-state index in [9.17, 15) is 19.2 Å². The summed E-state index contributed by atoms with van der Waals surface area (Å²) in [4.78, 5) is 40.7. The van der Waals surface area contributed by atoms with Crippen molar-refractivity contribution in [2.24, 2.45) is 0 Å². The number of aliphatic carboxylic acids is 2. The van der Waals surface area contributed by atoms with Gasteiger partial charge in [0.1, 0.15) is 0 Å². The Morgan fingerprint density at radius 3 is 1.20 bits per heavy atom. The topological polar surface area (TPSA) is 127 Å². The van der Waals surface area contributed by atoms with Crippen LogP contribution in [0.5, 0.6) is 0 Å². The lowest BCUT2D eigenvalue weighted by Gasteiger charge is -2.01. The van der Waals surface area contributed by atoms with Gasteiger partial charge in [-0.15, -0.1) is 0 Å². The fourth-order valence-corrected chi connectivity index (χ4v) is 0.884. The summed E-state index contributed by atoms with van der Waals surface area (Å²) in [5.74, 6) is -2.86. The molecule has 0 aromatic rings. The van der Waals surface area contributed by atoms with Gasteiger partial charge in [-0.1, -0.05) is 0 Å². The van der Waals surface area contributed by atoms with Crippen molar-refractivity contribution in [2.75, 3.05) is 13.2 Å². The van der Waals surface area contributed by atoms with Crippen LogP contribution in [0.15, 0.2) is 0 Å². The van der Waals surface area contributed by atoms with E-state index >= 15 is 0 Å². The van der Waals surface area contributed by atoms with Crippen LogP contribution in [-0.2, 0) is 28.7 Å². The van der Waals surface area contributed by atoms with E-state index in [0.717, 1.165) is 0 Å². The molecule has 0 unspecified atom stereocenters. The molecular weight excluding hydrogens is 272 g/mol. The molecule has 2 N–H and O–H groups in total. The molecule has 0 aromatic carbocycles. The molecule has 0 atom stereocenters. The minimum Gasteiger partial charge on any atom is -0.481 e. The molecule has 0 saturated heterocycles. The molecule has 0 fully saturated rings. The summed E-state index contributed by atoms with van der Waals surface area (Å²) in [6.07, 6.45) is -0.385. The number of esters is 2. The number of hydrogen-bond donors (Lipinski definition) is 2. The second-order valence-corrected chi connectivity index (χ2v) is 3.40. The van der Waals surface area contributed by atoms with Gasteiger partial charge < -0.3 is 19.7 Å². The van der Waals surface area contributed by atoms with E-state index in [1.54, 1.807) is 13.8 Å². The minimum atomic E-state index is -1.08. The average Bonchev–Trinajstić information content (AvgIpc) is 2.35. The maximum atomic E-state index is 10.7. The summed E-state index contributed by atoms with van der Waals surface area (Å²) in [5.41, 5.74) is 0. The summed E-state index contributed by atoms with van der Waals surface area (Å²) in [6, 6.07) is 0. The number of carboxylic acids is 2. The fourth-order valence-electron chi connectivity index (χ4n) is 0.884. The summed E-state index contributed by atoms with van der Waals surface area (Å²) in [5, 5.41) is 15.8. The zero-order valence-corrected chi connectivity index (χ0v) is 11.6. The highest BCUT2D eigenvalue weighted by atomic mass is 16.5. The average molecular weight is 292 g/mol. The lowest BCUT2D eigenvalue weighted by Crippen LogP contribution is -2.09. The molecule has 0 rings (SSSR count). The van der Waals surface area contributed by atoms with E-state index in [0.29, 0.717) is 13.2 Å². The third kappa shape index (κ3) is 18.3. The van der Waals surface area contributed by atoms with Gasteiger partial charge in [0.2, 0.25) is 0 Å². The quantitative estimate of drug-likeness (QED) is 0.629. The van der Waals surface area contributed by atoms with Crippen LogP contribution >= 0.6 is 0 Å². The van der Waals surface area contributed by atoms with Crippen LogP contribution in [0.3, 0.4) is 0 Å². The molecule has 116 valence electrons. The highest BCUT2D eigenvalue weighted by molar-refractivity contribution is 5.77. The third-order valence-electron chi connectivity index (χ3n) is 1.70. The molecule has 0 spiro atoms. The number of rotatable bonds is 8. The Balaban J connectivity index is 0. The van der Waals surface area contributed by atoms with Crippen LogP contribution in [0.25, 0.3) is 0 Å². The van der Waals surface area contributed by atoms with Gasteiger partial charge in [0.05, 0.1) is 38.9 Å². The molecule has 0 saturated carbocycles. The second kappa shape index (κ2) is 13.3. The molecule has 0 aromatic heterocycles. The lowest BCUT2D eigenvalue weighted by molar-refractivity contribution is -0.149. The molecule has 0 aliphatic rings. The van der Waals surface area contributed by atoms with E-state index in [4.69, 9.17) is 10.2 Å². The number of carbonyl (C=O) groups is 4. The first-order valence-electron chi connectivity index (χ1n) is 6.08. The fraction of sp³-hybridized carbons (Fsp3) is 0.667. The molecule has 0 amide bonds. The van der Waals surface area contributed by atoms with Crippen molar-refractivity contribution in [3.63, 3.8) is 0 Å². The van der Waals surface area contributed by atoms with Crippen LogP contribution in [0.2, 0.25) is 0 Å². The standard InChI is InChI=1S/C8H14O4.C4H6O4/c1-3-11-7(9)5-6-8(10)12-4-2;5-3(6)1-2-4(7)8/h3-6H2,1-2H3;1-2H2,(H,5,6)(H,7,8). The summed E-state index contributed by atoms with van der Waals surface area (Å²) in [6.45, 7) is 4.15. The highest BCUT2D eigenvalue weighted by Crippen LogP contribution is 1.95. The predicted molar refractivity (Wildman–Crippen MR) is 67.0 cm³/mol. The third-order valence-corrected chi connectivity index (χ3v) is 1.70. The zero-order chi connectivity index (χ0) is 16.0. The molecule has 8 heteroatoms. The Bertz CT molecular complexity index is 291. The SMILES string of the molecule is CCOC(=O)CCC(=O)OCC.O=C(O)CCC(=O)O. The smallest absolute Gasteiger partial charge is 0.306 e. The zero-order valence-electron chi connectivity index (χ0n) is 11.6. The molecule has 0 aliphatic heterocycles. The van der Waals surface area contributed by atoms with Gasteiger partial charge in [0, 0.05) is 0 Å². The van der Waals surface area contributed by atoms with Crippen molar-refractivity contribution in [1.29, 1.82) is 0 Å². The number of carbonyl (C=O) groups excluding carboxylic acids is 2. The number of ether oxygens (including phenoxy) is 2. The molecule has 0 aliphatic carbocycles. The van der Waals surface area contributed by atoms with Crippen LogP contribution in [0.4, 0.5) is 0 Å². The molecular formula is C12H20O8. The Morgan fingerprint density at radius 1 is 0.700 bits per heavy atom. The Morgan fingerprint density at radius 2 is 1.00 bits per heavy atom. The largest absolute Gasteiger partial charge is 0.481 e. The van der Waals surface area contributed by atoms with E-state index in [1.165, 1.54) is 0 Å². The van der Waals surface area contributed by atoms with Crippen molar-refractivity contribution in [3.8, 4) is 0 Å². The van der Waals surface area contributed by atoms with Gasteiger partial charge in [-0.3, -0.25) is 19.2 Å². The number of carboxylic acid groups (broad SMARTS) is 2. The maximum Gasteiger partial charge on any atom is 0.306 e. The Kier molecular flexibility index (Phi) is 13.4. The molecule has 20 heavy (non-hydrogen) atoms. The van der Waals surface area contributed by atoms with Crippen molar-refractivity contribution >= 4 is 23.9 Å². The molecule has 0 heterocycles. The second-order valence-electron chi connectivity index (χ2n) is 3.40. The summed E-state index contributed by atoms with van der Waals surface area (Å²) < 4.78 is 9.25.